The van der Waals surface area contributed by atoms with E-state index in [-0.39, 0.29) is 17.9 Å². The van der Waals surface area contributed by atoms with E-state index in [0.29, 0.717) is 24.9 Å². The number of aryl methyl sites for hydroxylation is 1. The van der Waals surface area contributed by atoms with Crippen LogP contribution < -0.4 is 10.9 Å². The molecule has 0 atom stereocenters. The van der Waals surface area contributed by atoms with Crippen LogP contribution in [0.1, 0.15) is 29.6 Å². The molecule has 2 N–H and O–H groups in total. The first-order valence-corrected chi connectivity index (χ1v) is 5.67. The van der Waals surface area contributed by atoms with Crippen LogP contribution in [-0.2, 0) is 11.8 Å². The van der Waals surface area contributed by atoms with Crippen molar-refractivity contribution >= 4 is 11.9 Å². The molecule has 0 radical (unpaired) electrons. The van der Waals surface area contributed by atoms with E-state index in [4.69, 9.17) is 5.11 Å². The highest BCUT2D eigenvalue weighted by Crippen LogP contribution is 1.97. The van der Waals surface area contributed by atoms with Crippen molar-refractivity contribution in [2.24, 2.45) is 7.05 Å². The second-order valence-corrected chi connectivity index (χ2v) is 3.97. The van der Waals surface area contributed by atoms with Crippen LogP contribution in [0.2, 0.25) is 0 Å². The number of carbonyl (C=O) groups excluding carboxylic acids is 1. The second-order valence-electron chi connectivity index (χ2n) is 3.97. The van der Waals surface area contributed by atoms with Crippen LogP contribution in [0.5, 0.6) is 0 Å². The maximum atomic E-state index is 11.7. The van der Waals surface area contributed by atoms with Crippen LogP contribution in [0.15, 0.2) is 23.1 Å². The number of hydrogen-bond acceptors (Lipinski definition) is 3. The molecule has 1 rings (SSSR count). The number of amides is 1. The molecular formula is C12H16N2O4. The quantitative estimate of drug-likeness (QED) is 0.716. The third kappa shape index (κ3) is 4.40. The van der Waals surface area contributed by atoms with Crippen molar-refractivity contribution in [3.8, 4) is 0 Å². The van der Waals surface area contributed by atoms with E-state index in [0.717, 1.165) is 0 Å². The smallest absolute Gasteiger partial charge is 0.303 e. The number of unbranched alkanes of at least 4 members (excludes halogenated alkanes) is 1. The van der Waals surface area contributed by atoms with Crippen LogP contribution in [-0.4, -0.2) is 28.1 Å². The molecule has 0 aliphatic carbocycles. The zero-order valence-electron chi connectivity index (χ0n) is 10.2. The zero-order chi connectivity index (χ0) is 13.5. The van der Waals surface area contributed by atoms with Gasteiger partial charge in [0.25, 0.3) is 5.91 Å². The van der Waals surface area contributed by atoms with Crippen molar-refractivity contribution in [1.29, 1.82) is 0 Å². The Kier molecular flexibility index (Phi) is 5.10. The van der Waals surface area contributed by atoms with Gasteiger partial charge < -0.3 is 15.0 Å². The number of aliphatic carboxylic acids is 1. The number of carboxylic acids is 1. The van der Waals surface area contributed by atoms with Gasteiger partial charge in [-0.15, -0.1) is 0 Å². The van der Waals surface area contributed by atoms with Gasteiger partial charge in [-0.2, -0.15) is 0 Å². The number of carbonyl (C=O) groups is 2. The summed E-state index contributed by atoms with van der Waals surface area (Å²) in [5.74, 6) is -1.10. The molecule has 1 aromatic heterocycles. The zero-order valence-corrected chi connectivity index (χ0v) is 10.2. The normalized spacial score (nSPS) is 10.1. The molecule has 0 spiro atoms. The van der Waals surface area contributed by atoms with Gasteiger partial charge in [-0.3, -0.25) is 14.4 Å². The fraction of sp³-hybridized carbons (Fsp3) is 0.417. The molecule has 0 unspecified atom stereocenters. The summed E-state index contributed by atoms with van der Waals surface area (Å²) in [6, 6.07) is 2.80. The molecule has 0 saturated heterocycles. The molecule has 18 heavy (non-hydrogen) atoms. The van der Waals surface area contributed by atoms with Gasteiger partial charge in [0, 0.05) is 32.3 Å². The van der Waals surface area contributed by atoms with Gasteiger partial charge in [-0.25, -0.2) is 0 Å². The summed E-state index contributed by atoms with van der Waals surface area (Å²) < 4.78 is 1.33. The summed E-state index contributed by atoms with van der Waals surface area (Å²) in [5, 5.41) is 11.1. The average molecular weight is 252 g/mol. The number of nitrogens with one attached hydrogen (secondary N) is 1. The summed E-state index contributed by atoms with van der Waals surface area (Å²) in [7, 11) is 1.58. The largest absolute Gasteiger partial charge is 0.481 e. The molecule has 6 nitrogen and oxygen atoms in total. The van der Waals surface area contributed by atoms with Gasteiger partial charge in [0.1, 0.15) is 0 Å². The lowest BCUT2D eigenvalue weighted by Gasteiger charge is -2.05. The summed E-state index contributed by atoms with van der Waals surface area (Å²) in [6.45, 7) is 0.426. The monoisotopic (exact) mass is 252 g/mol. The Morgan fingerprint density at radius 3 is 2.67 bits per heavy atom. The molecule has 1 amide bonds. The van der Waals surface area contributed by atoms with Gasteiger partial charge in [-0.05, 0) is 18.9 Å². The molecule has 6 heteroatoms. The van der Waals surface area contributed by atoms with E-state index in [1.54, 1.807) is 7.05 Å². The Labute approximate surface area is 104 Å². The predicted molar refractivity (Wildman–Crippen MR) is 65.5 cm³/mol. The van der Waals surface area contributed by atoms with E-state index in [2.05, 4.69) is 5.32 Å². The minimum atomic E-state index is -0.834. The fourth-order valence-electron chi connectivity index (χ4n) is 1.43. The van der Waals surface area contributed by atoms with E-state index in [9.17, 15) is 14.4 Å². The van der Waals surface area contributed by atoms with Crippen LogP contribution >= 0.6 is 0 Å². The molecule has 0 aliphatic rings. The minimum absolute atomic E-state index is 0.107. The lowest BCUT2D eigenvalue weighted by molar-refractivity contribution is -0.137. The number of aromatic nitrogens is 1. The highest BCUT2D eigenvalue weighted by molar-refractivity contribution is 5.93. The molecule has 1 heterocycles. The van der Waals surface area contributed by atoms with Crippen molar-refractivity contribution in [3.63, 3.8) is 0 Å². The van der Waals surface area contributed by atoms with Gasteiger partial charge in [0.05, 0.1) is 5.56 Å². The Hall–Kier alpha value is -2.11. The highest BCUT2D eigenvalue weighted by atomic mass is 16.4. The average Bonchev–Trinajstić information content (AvgIpc) is 2.31. The lowest BCUT2D eigenvalue weighted by atomic mass is 10.2. The van der Waals surface area contributed by atoms with Gasteiger partial charge >= 0.3 is 5.97 Å². The summed E-state index contributed by atoms with van der Waals surface area (Å²) in [6.07, 6.45) is 2.72. The first-order chi connectivity index (χ1) is 8.50. The fourth-order valence-corrected chi connectivity index (χ4v) is 1.43. The molecule has 0 saturated carbocycles. The van der Waals surface area contributed by atoms with E-state index in [1.165, 1.54) is 22.9 Å². The topological polar surface area (TPSA) is 88.4 Å². The third-order valence-electron chi connectivity index (χ3n) is 2.45. The Morgan fingerprint density at radius 1 is 1.33 bits per heavy atom. The van der Waals surface area contributed by atoms with Crippen molar-refractivity contribution in [2.75, 3.05) is 6.54 Å². The number of pyridine rings is 1. The van der Waals surface area contributed by atoms with E-state index < -0.39 is 5.97 Å². The van der Waals surface area contributed by atoms with Crippen LogP contribution in [0, 0.1) is 0 Å². The summed E-state index contributed by atoms with van der Waals surface area (Å²) in [4.78, 5) is 33.1. The highest BCUT2D eigenvalue weighted by Gasteiger charge is 2.05. The van der Waals surface area contributed by atoms with Gasteiger partial charge in [0.2, 0.25) is 5.56 Å². The van der Waals surface area contributed by atoms with Gasteiger partial charge in [-0.1, -0.05) is 0 Å². The van der Waals surface area contributed by atoms with Crippen LogP contribution in [0.3, 0.4) is 0 Å². The molecule has 0 fully saturated rings. The Morgan fingerprint density at radius 2 is 2.06 bits per heavy atom. The number of nitrogens with zero attached hydrogens (tertiary/aromatic N) is 1. The lowest BCUT2D eigenvalue weighted by Crippen LogP contribution is -2.26. The van der Waals surface area contributed by atoms with Crippen molar-refractivity contribution in [1.82, 2.24) is 9.88 Å². The maximum Gasteiger partial charge on any atom is 0.303 e. The van der Waals surface area contributed by atoms with E-state index >= 15 is 0 Å². The SMILES string of the molecule is Cn1cc(C(=O)NCCCCC(=O)O)ccc1=O. The number of hydrogen-bond donors (Lipinski definition) is 2. The van der Waals surface area contributed by atoms with Gasteiger partial charge in [0.15, 0.2) is 0 Å². The maximum absolute atomic E-state index is 11.7. The first kappa shape index (κ1) is 14.0. The number of rotatable bonds is 6. The molecule has 0 aliphatic heterocycles. The molecule has 0 aromatic carbocycles. The predicted octanol–water partition coefficient (Wildman–Crippen LogP) is 0.370. The van der Waals surface area contributed by atoms with Crippen molar-refractivity contribution in [2.45, 2.75) is 19.3 Å². The number of carboxylic acid groups (broad SMARTS) is 1. The second kappa shape index (κ2) is 6.58. The molecule has 98 valence electrons. The summed E-state index contributed by atoms with van der Waals surface area (Å²) >= 11 is 0. The minimum Gasteiger partial charge on any atom is -0.481 e. The summed E-state index contributed by atoms with van der Waals surface area (Å²) in [5.41, 5.74) is 0.239. The third-order valence-corrected chi connectivity index (χ3v) is 2.45. The van der Waals surface area contributed by atoms with Crippen molar-refractivity contribution in [3.05, 3.63) is 34.2 Å². The molecule has 0 bridgehead atoms. The van der Waals surface area contributed by atoms with E-state index in [1.807, 2.05) is 0 Å². The van der Waals surface area contributed by atoms with Crippen LogP contribution in [0.4, 0.5) is 0 Å². The Balaban J connectivity index is 2.39. The molecular weight excluding hydrogens is 236 g/mol. The Bertz CT molecular complexity index is 493. The van der Waals surface area contributed by atoms with Crippen molar-refractivity contribution < 1.29 is 14.7 Å². The van der Waals surface area contributed by atoms with Crippen LogP contribution in [0.25, 0.3) is 0 Å². The standard InChI is InChI=1S/C12H16N2O4/c1-14-8-9(5-6-10(14)15)12(18)13-7-3-2-4-11(16)17/h5-6,8H,2-4,7H2,1H3,(H,13,18)(H,16,17). The first-order valence-electron chi connectivity index (χ1n) is 5.67. The molecule has 1 aromatic rings.